The Morgan fingerprint density at radius 3 is 2.85 bits per heavy atom. The number of hydrogen-bond donors (Lipinski definition) is 1. The van der Waals surface area contributed by atoms with Gasteiger partial charge in [0.1, 0.15) is 6.17 Å². The first kappa shape index (κ1) is 14.9. The first-order chi connectivity index (χ1) is 12.6. The molecule has 1 atom stereocenters. The third-order valence-electron chi connectivity index (χ3n) is 5.43. The van der Waals surface area contributed by atoms with E-state index in [2.05, 4.69) is 9.88 Å². The van der Waals surface area contributed by atoms with Crippen LogP contribution >= 0.6 is 0 Å². The van der Waals surface area contributed by atoms with E-state index in [1.165, 1.54) is 6.07 Å². The zero-order chi connectivity index (χ0) is 18.0. The van der Waals surface area contributed by atoms with Gasteiger partial charge in [0.05, 0.1) is 21.9 Å². The largest absolute Gasteiger partial charge is 0.355 e. The smallest absolute Gasteiger partial charge is 0.270 e. The van der Waals surface area contributed by atoms with Crippen molar-refractivity contribution < 1.29 is 9.72 Å². The van der Waals surface area contributed by atoms with Gasteiger partial charge in [0.15, 0.2) is 0 Å². The Kier molecular flexibility index (Phi) is 2.92. The fourth-order valence-corrected chi connectivity index (χ4v) is 4.23. The van der Waals surface area contributed by atoms with E-state index in [0.717, 1.165) is 27.8 Å². The molecule has 1 N–H and O–H groups in total. The lowest BCUT2D eigenvalue weighted by molar-refractivity contribution is -0.384. The summed E-state index contributed by atoms with van der Waals surface area (Å²) in [5.41, 5.74) is 4.56. The van der Waals surface area contributed by atoms with Gasteiger partial charge in [0.25, 0.3) is 11.6 Å². The molecule has 7 nitrogen and oxygen atoms in total. The maximum atomic E-state index is 13.0. The van der Waals surface area contributed by atoms with Gasteiger partial charge in [0.2, 0.25) is 0 Å². The number of benzene rings is 2. The molecule has 2 aliphatic rings. The molecule has 0 aliphatic carbocycles. The van der Waals surface area contributed by atoms with Crippen molar-refractivity contribution in [2.45, 2.75) is 12.6 Å². The summed E-state index contributed by atoms with van der Waals surface area (Å²) < 4.78 is 0. The van der Waals surface area contributed by atoms with Gasteiger partial charge in [0, 0.05) is 36.6 Å². The molecule has 2 aliphatic heterocycles. The number of amides is 1. The zero-order valence-electron chi connectivity index (χ0n) is 14.1. The third-order valence-corrected chi connectivity index (χ3v) is 5.43. The van der Waals surface area contributed by atoms with Crippen LogP contribution in [0, 0.1) is 10.1 Å². The molecule has 0 radical (unpaired) electrons. The highest BCUT2D eigenvalue weighted by molar-refractivity contribution is 6.02. The molecular weight excluding hydrogens is 332 g/mol. The second kappa shape index (κ2) is 5.08. The third kappa shape index (κ3) is 1.85. The molecule has 0 fully saturated rings. The summed E-state index contributed by atoms with van der Waals surface area (Å²) in [7, 11) is 1.98. The van der Waals surface area contributed by atoms with E-state index < -0.39 is 0 Å². The summed E-state index contributed by atoms with van der Waals surface area (Å²) in [6, 6.07) is 12.5. The van der Waals surface area contributed by atoms with Gasteiger partial charge < -0.3 is 14.8 Å². The molecule has 3 heterocycles. The minimum atomic E-state index is -0.375. The van der Waals surface area contributed by atoms with E-state index in [9.17, 15) is 14.9 Å². The van der Waals surface area contributed by atoms with Crippen LogP contribution in [0.5, 0.6) is 0 Å². The predicted molar refractivity (Wildman–Crippen MR) is 97.3 cm³/mol. The van der Waals surface area contributed by atoms with Gasteiger partial charge in [-0.15, -0.1) is 0 Å². The Morgan fingerprint density at radius 2 is 2.04 bits per heavy atom. The van der Waals surface area contributed by atoms with E-state index in [1.54, 1.807) is 12.1 Å². The van der Waals surface area contributed by atoms with E-state index >= 15 is 0 Å². The van der Waals surface area contributed by atoms with Crippen LogP contribution in [0.25, 0.3) is 10.9 Å². The normalized spacial score (nSPS) is 18.5. The molecule has 0 saturated carbocycles. The summed E-state index contributed by atoms with van der Waals surface area (Å²) in [5, 5.41) is 12.0. The summed E-state index contributed by atoms with van der Waals surface area (Å²) in [5.74, 6) is 0.0268. The molecule has 0 unspecified atom stereocenters. The molecule has 1 amide bonds. The molecule has 7 heteroatoms. The number of carbonyl (C=O) groups is 1. The highest BCUT2D eigenvalue weighted by Gasteiger charge is 2.41. The first-order valence-electron chi connectivity index (χ1n) is 8.48. The minimum Gasteiger partial charge on any atom is -0.355 e. The number of fused-ring (bicyclic) bond motifs is 6. The Labute approximate surface area is 149 Å². The number of nitrogens with zero attached hydrogens (tertiary/aromatic N) is 3. The van der Waals surface area contributed by atoms with E-state index in [1.807, 2.05) is 36.2 Å². The molecule has 3 aromatic rings. The van der Waals surface area contributed by atoms with Gasteiger partial charge in [-0.2, -0.15) is 0 Å². The van der Waals surface area contributed by atoms with Crippen LogP contribution in [0.1, 0.15) is 27.8 Å². The highest BCUT2D eigenvalue weighted by atomic mass is 16.6. The summed E-state index contributed by atoms with van der Waals surface area (Å²) in [4.78, 5) is 31.1. The zero-order valence-corrected chi connectivity index (χ0v) is 14.1. The lowest BCUT2D eigenvalue weighted by Gasteiger charge is -2.46. The van der Waals surface area contributed by atoms with Crippen molar-refractivity contribution in [3.63, 3.8) is 0 Å². The summed E-state index contributed by atoms with van der Waals surface area (Å²) in [6.45, 7) is 0.588. The van der Waals surface area contributed by atoms with Crippen molar-refractivity contribution in [3.05, 3.63) is 69.4 Å². The number of hydrogen-bond acceptors (Lipinski definition) is 4. The monoisotopic (exact) mass is 348 g/mol. The van der Waals surface area contributed by atoms with Crippen LogP contribution < -0.4 is 4.90 Å². The van der Waals surface area contributed by atoms with Gasteiger partial charge in [-0.1, -0.05) is 12.1 Å². The second-order valence-corrected chi connectivity index (χ2v) is 6.75. The number of non-ortho nitro benzene ring substituents is 1. The Balaban J connectivity index is 1.71. The number of nitrogens with one attached hydrogen (secondary N) is 1. The molecule has 26 heavy (non-hydrogen) atoms. The SMILES string of the molecule is CN1c2ccccc2C(=O)N2CCc3c([nH]c4ccc([N+](=O)[O-])cc34)[C@H]21. The number of carbonyl (C=O) groups excluding carboxylic acids is 1. The topological polar surface area (TPSA) is 82.5 Å². The number of anilines is 1. The lowest BCUT2D eigenvalue weighted by atomic mass is 9.96. The van der Waals surface area contributed by atoms with Crippen LogP contribution in [-0.2, 0) is 6.42 Å². The number of aromatic nitrogens is 1. The number of nitro benzene ring substituents is 1. The predicted octanol–water partition coefficient (Wildman–Crippen LogP) is 3.22. The van der Waals surface area contributed by atoms with E-state index in [4.69, 9.17) is 0 Å². The van der Waals surface area contributed by atoms with Gasteiger partial charge >= 0.3 is 0 Å². The average Bonchev–Trinajstić information content (AvgIpc) is 3.03. The van der Waals surface area contributed by atoms with Crippen LogP contribution in [0.4, 0.5) is 11.4 Å². The standard InChI is InChI=1S/C19H16N4O3/c1-21-16-5-3-2-4-13(16)19(24)22-9-8-12-14-10-11(23(25)26)6-7-15(14)20-17(12)18(21)22/h2-7,10,18,20H,8-9H2,1H3/t18-/m0/s1. The van der Waals surface area contributed by atoms with Crippen molar-refractivity contribution in [2.75, 3.05) is 18.5 Å². The maximum absolute atomic E-state index is 13.0. The summed E-state index contributed by atoms with van der Waals surface area (Å²) in [6.07, 6.45) is 0.446. The lowest BCUT2D eigenvalue weighted by Crippen LogP contribution is -2.51. The second-order valence-electron chi connectivity index (χ2n) is 6.75. The van der Waals surface area contributed by atoms with Gasteiger partial charge in [-0.05, 0) is 30.2 Å². The Bertz CT molecular complexity index is 1090. The number of aromatic amines is 1. The van der Waals surface area contributed by atoms with Gasteiger partial charge in [-0.3, -0.25) is 14.9 Å². The molecule has 130 valence electrons. The van der Waals surface area contributed by atoms with E-state index in [0.29, 0.717) is 18.5 Å². The molecule has 0 bridgehead atoms. The van der Waals surface area contributed by atoms with Crippen LogP contribution in [-0.4, -0.2) is 34.3 Å². The van der Waals surface area contributed by atoms with Crippen molar-refractivity contribution in [2.24, 2.45) is 0 Å². The fourth-order valence-electron chi connectivity index (χ4n) is 4.23. The number of rotatable bonds is 1. The summed E-state index contributed by atoms with van der Waals surface area (Å²) >= 11 is 0. The molecule has 0 saturated heterocycles. The van der Waals surface area contributed by atoms with Crippen molar-refractivity contribution in [3.8, 4) is 0 Å². The fraction of sp³-hybridized carbons (Fsp3) is 0.211. The van der Waals surface area contributed by atoms with Crippen LogP contribution in [0.2, 0.25) is 0 Å². The molecule has 2 aromatic carbocycles. The average molecular weight is 348 g/mol. The van der Waals surface area contributed by atoms with Crippen molar-refractivity contribution in [1.29, 1.82) is 0 Å². The quantitative estimate of drug-likeness (QED) is 0.541. The Morgan fingerprint density at radius 1 is 1.23 bits per heavy atom. The highest BCUT2D eigenvalue weighted by Crippen LogP contribution is 2.43. The molecule has 5 rings (SSSR count). The van der Waals surface area contributed by atoms with Crippen molar-refractivity contribution >= 4 is 28.2 Å². The Hall–Kier alpha value is -3.35. The van der Waals surface area contributed by atoms with E-state index in [-0.39, 0.29) is 22.7 Å². The molecular formula is C19H16N4O3. The number of H-pyrrole nitrogens is 1. The first-order valence-corrected chi connectivity index (χ1v) is 8.48. The minimum absolute atomic E-state index is 0.0268. The molecule has 1 aromatic heterocycles. The molecule has 0 spiro atoms. The maximum Gasteiger partial charge on any atom is 0.270 e. The van der Waals surface area contributed by atoms with Crippen molar-refractivity contribution in [1.82, 2.24) is 9.88 Å². The number of para-hydroxylation sites is 1. The van der Waals surface area contributed by atoms with Gasteiger partial charge in [-0.25, -0.2) is 0 Å². The number of nitro groups is 1. The van der Waals surface area contributed by atoms with Crippen LogP contribution in [0.15, 0.2) is 42.5 Å². The van der Waals surface area contributed by atoms with Crippen LogP contribution in [0.3, 0.4) is 0 Å².